The lowest BCUT2D eigenvalue weighted by Gasteiger charge is -2.09. The Morgan fingerprint density at radius 3 is 2.65 bits per heavy atom. The first-order chi connectivity index (χ1) is 11.3. The normalized spacial score (nSPS) is 10.5. The summed E-state index contributed by atoms with van der Waals surface area (Å²) >= 11 is 0. The first kappa shape index (κ1) is 15.0. The zero-order valence-electron chi connectivity index (χ0n) is 12.8. The molecule has 5 nitrogen and oxygen atoms in total. The topological polar surface area (TPSA) is 64.1 Å². The number of carbonyl (C=O) groups excluding carboxylic acids is 1. The molecule has 0 radical (unpaired) electrons. The molecule has 1 aromatic heterocycles. The van der Waals surface area contributed by atoms with Gasteiger partial charge in [-0.05, 0) is 36.2 Å². The number of hydrogen-bond acceptors (Lipinski definition) is 4. The van der Waals surface area contributed by atoms with Crippen molar-refractivity contribution in [2.75, 3.05) is 11.9 Å². The molecule has 0 aliphatic carbocycles. The number of ether oxygens (including phenoxy) is 1. The monoisotopic (exact) mass is 307 g/mol. The maximum absolute atomic E-state index is 12.0. The van der Waals surface area contributed by atoms with E-state index >= 15 is 0 Å². The first-order valence-electron chi connectivity index (χ1n) is 7.47. The summed E-state index contributed by atoms with van der Waals surface area (Å²) in [4.78, 5) is 20.3. The first-order valence-corrected chi connectivity index (χ1v) is 7.47. The van der Waals surface area contributed by atoms with Crippen LogP contribution in [-0.2, 0) is 11.2 Å². The standard InChI is InChI=1S/C18H17N3O2/c1-2-13-7-9-14(10-8-13)21-17(22)11-23-18-15-5-3-4-6-16(15)19-12-20-18/h3-10,12H,2,11H2,1H3,(H,21,22). The van der Waals surface area contributed by atoms with Crippen LogP contribution in [-0.4, -0.2) is 22.5 Å². The number of nitrogens with one attached hydrogen (secondary N) is 1. The van der Waals surface area contributed by atoms with Crippen LogP contribution in [0.3, 0.4) is 0 Å². The minimum Gasteiger partial charge on any atom is -0.467 e. The number of amides is 1. The van der Waals surface area contributed by atoms with Crippen molar-refractivity contribution in [2.45, 2.75) is 13.3 Å². The number of fused-ring (bicyclic) bond motifs is 1. The Kier molecular flexibility index (Phi) is 4.47. The molecule has 2 aromatic carbocycles. The van der Waals surface area contributed by atoms with Crippen LogP contribution in [0.15, 0.2) is 54.9 Å². The third-order valence-electron chi connectivity index (χ3n) is 3.49. The van der Waals surface area contributed by atoms with E-state index in [1.54, 1.807) is 0 Å². The third kappa shape index (κ3) is 3.63. The maximum atomic E-state index is 12.0. The van der Waals surface area contributed by atoms with E-state index in [9.17, 15) is 4.79 Å². The van der Waals surface area contributed by atoms with Crippen molar-refractivity contribution < 1.29 is 9.53 Å². The number of aromatic nitrogens is 2. The summed E-state index contributed by atoms with van der Waals surface area (Å²) in [5, 5.41) is 3.59. The second-order valence-corrected chi connectivity index (χ2v) is 5.08. The molecule has 0 saturated heterocycles. The lowest BCUT2D eigenvalue weighted by molar-refractivity contribution is -0.118. The Morgan fingerprint density at radius 2 is 1.87 bits per heavy atom. The molecule has 1 amide bonds. The Morgan fingerprint density at radius 1 is 1.09 bits per heavy atom. The van der Waals surface area contributed by atoms with E-state index in [1.165, 1.54) is 11.9 Å². The molecular formula is C18H17N3O2. The van der Waals surface area contributed by atoms with Crippen molar-refractivity contribution in [1.29, 1.82) is 0 Å². The maximum Gasteiger partial charge on any atom is 0.262 e. The van der Waals surface area contributed by atoms with E-state index in [0.29, 0.717) is 5.88 Å². The highest BCUT2D eigenvalue weighted by Gasteiger charge is 2.08. The van der Waals surface area contributed by atoms with E-state index in [0.717, 1.165) is 23.0 Å². The van der Waals surface area contributed by atoms with Gasteiger partial charge in [-0.2, -0.15) is 0 Å². The van der Waals surface area contributed by atoms with Crippen LogP contribution >= 0.6 is 0 Å². The summed E-state index contributed by atoms with van der Waals surface area (Å²) in [6, 6.07) is 15.3. The molecule has 23 heavy (non-hydrogen) atoms. The van der Waals surface area contributed by atoms with Crippen LogP contribution in [0.5, 0.6) is 5.88 Å². The number of anilines is 1. The van der Waals surface area contributed by atoms with Gasteiger partial charge in [0.2, 0.25) is 5.88 Å². The molecule has 0 spiro atoms. The molecule has 0 bridgehead atoms. The number of aryl methyl sites for hydroxylation is 1. The van der Waals surface area contributed by atoms with Crippen molar-refractivity contribution in [2.24, 2.45) is 0 Å². The highest BCUT2D eigenvalue weighted by Crippen LogP contribution is 2.20. The van der Waals surface area contributed by atoms with Gasteiger partial charge in [0.25, 0.3) is 5.91 Å². The third-order valence-corrected chi connectivity index (χ3v) is 3.49. The quantitative estimate of drug-likeness (QED) is 0.786. The molecule has 3 aromatic rings. The fourth-order valence-electron chi connectivity index (χ4n) is 2.25. The van der Waals surface area contributed by atoms with Gasteiger partial charge in [0.1, 0.15) is 6.33 Å². The number of nitrogens with zero attached hydrogens (tertiary/aromatic N) is 2. The van der Waals surface area contributed by atoms with Crippen LogP contribution < -0.4 is 10.1 Å². The van der Waals surface area contributed by atoms with Crippen molar-refractivity contribution >= 4 is 22.5 Å². The zero-order valence-corrected chi connectivity index (χ0v) is 12.8. The molecule has 0 saturated carbocycles. The van der Waals surface area contributed by atoms with Gasteiger partial charge in [0, 0.05) is 5.69 Å². The van der Waals surface area contributed by atoms with Gasteiger partial charge in [-0.25, -0.2) is 9.97 Å². The number of hydrogen-bond donors (Lipinski definition) is 1. The molecular weight excluding hydrogens is 290 g/mol. The predicted molar refractivity (Wildman–Crippen MR) is 89.5 cm³/mol. The molecule has 3 rings (SSSR count). The van der Waals surface area contributed by atoms with Crippen LogP contribution in [0.1, 0.15) is 12.5 Å². The Bertz CT molecular complexity index is 811. The number of para-hydroxylation sites is 1. The Hall–Kier alpha value is -2.95. The molecule has 0 aliphatic heterocycles. The van der Waals surface area contributed by atoms with Crippen LogP contribution in [0.2, 0.25) is 0 Å². The van der Waals surface area contributed by atoms with E-state index in [1.807, 2.05) is 48.5 Å². The average Bonchev–Trinajstić information content (AvgIpc) is 2.60. The Labute approximate surface area is 134 Å². The van der Waals surface area contributed by atoms with Gasteiger partial charge in [-0.3, -0.25) is 4.79 Å². The molecule has 0 atom stereocenters. The second kappa shape index (κ2) is 6.87. The fraction of sp³-hybridized carbons (Fsp3) is 0.167. The average molecular weight is 307 g/mol. The molecule has 0 unspecified atom stereocenters. The Balaban J connectivity index is 1.63. The van der Waals surface area contributed by atoms with Gasteiger partial charge >= 0.3 is 0 Å². The smallest absolute Gasteiger partial charge is 0.262 e. The molecule has 0 aliphatic rings. The zero-order chi connectivity index (χ0) is 16.1. The summed E-state index contributed by atoms with van der Waals surface area (Å²) in [5.74, 6) is 0.184. The van der Waals surface area contributed by atoms with Crippen LogP contribution in [0, 0.1) is 0 Å². The summed E-state index contributed by atoms with van der Waals surface area (Å²) in [5.41, 5.74) is 2.77. The van der Waals surface area contributed by atoms with Crippen molar-refractivity contribution in [3.05, 3.63) is 60.4 Å². The summed E-state index contributed by atoms with van der Waals surface area (Å²) < 4.78 is 5.54. The SMILES string of the molecule is CCc1ccc(NC(=O)COc2ncnc3ccccc23)cc1. The lowest BCUT2D eigenvalue weighted by Crippen LogP contribution is -2.20. The molecule has 1 heterocycles. The van der Waals surface area contributed by atoms with Crippen molar-refractivity contribution in [3.63, 3.8) is 0 Å². The van der Waals surface area contributed by atoms with Gasteiger partial charge in [-0.1, -0.05) is 31.2 Å². The van der Waals surface area contributed by atoms with Crippen molar-refractivity contribution in [1.82, 2.24) is 9.97 Å². The molecule has 5 heteroatoms. The summed E-state index contributed by atoms with van der Waals surface area (Å²) in [6.45, 7) is 1.99. The van der Waals surface area contributed by atoms with Crippen molar-refractivity contribution in [3.8, 4) is 5.88 Å². The predicted octanol–water partition coefficient (Wildman–Crippen LogP) is 3.21. The van der Waals surface area contributed by atoms with E-state index in [-0.39, 0.29) is 12.5 Å². The van der Waals surface area contributed by atoms with Gasteiger partial charge in [-0.15, -0.1) is 0 Å². The van der Waals surface area contributed by atoms with Gasteiger partial charge < -0.3 is 10.1 Å². The second-order valence-electron chi connectivity index (χ2n) is 5.08. The number of rotatable bonds is 5. The highest BCUT2D eigenvalue weighted by atomic mass is 16.5. The minimum absolute atomic E-state index is 0.101. The summed E-state index contributed by atoms with van der Waals surface area (Å²) in [6.07, 6.45) is 2.40. The summed E-state index contributed by atoms with van der Waals surface area (Å²) in [7, 11) is 0. The van der Waals surface area contributed by atoms with E-state index in [2.05, 4.69) is 22.2 Å². The van der Waals surface area contributed by atoms with Crippen LogP contribution in [0.4, 0.5) is 5.69 Å². The largest absolute Gasteiger partial charge is 0.467 e. The number of benzene rings is 2. The number of carbonyl (C=O) groups is 1. The van der Waals surface area contributed by atoms with E-state index < -0.39 is 0 Å². The minimum atomic E-state index is -0.225. The van der Waals surface area contributed by atoms with Gasteiger partial charge in [0.15, 0.2) is 6.61 Å². The highest BCUT2D eigenvalue weighted by molar-refractivity contribution is 5.92. The molecule has 1 N–H and O–H groups in total. The van der Waals surface area contributed by atoms with Crippen LogP contribution in [0.25, 0.3) is 10.9 Å². The van der Waals surface area contributed by atoms with E-state index in [4.69, 9.17) is 4.74 Å². The molecule has 0 fully saturated rings. The fourth-order valence-corrected chi connectivity index (χ4v) is 2.25. The lowest BCUT2D eigenvalue weighted by atomic mass is 10.1. The van der Waals surface area contributed by atoms with Gasteiger partial charge in [0.05, 0.1) is 10.9 Å². The molecule has 116 valence electrons.